The standard InChI is InChI=1S/C28H28N2O4S/c1-33-25-15-13-21(17-23(25)29)27(19-9-5-3-6-10-19)35(31,32)28(20-11-7-4-8-12-20)22-14-16-26(34-2)24(30)18-22/h3-18,27-28H,29-30H2,1-2H3. The number of benzene rings is 4. The molecule has 180 valence electrons. The molecule has 4 aromatic carbocycles. The molecule has 0 aromatic heterocycles. The van der Waals surface area contributed by atoms with E-state index >= 15 is 0 Å². The first-order valence-corrected chi connectivity index (χ1v) is 12.7. The molecule has 4 aromatic rings. The number of methoxy groups -OCH3 is 2. The first kappa shape index (κ1) is 24.2. The highest BCUT2D eigenvalue weighted by Crippen LogP contribution is 2.44. The van der Waals surface area contributed by atoms with Gasteiger partial charge >= 0.3 is 0 Å². The zero-order chi connectivity index (χ0) is 25.0. The van der Waals surface area contributed by atoms with Crippen LogP contribution in [0.15, 0.2) is 97.1 Å². The van der Waals surface area contributed by atoms with Crippen molar-refractivity contribution in [3.63, 3.8) is 0 Å². The molecule has 0 spiro atoms. The van der Waals surface area contributed by atoms with Crippen LogP contribution >= 0.6 is 0 Å². The third-order valence-electron chi connectivity index (χ3n) is 5.97. The van der Waals surface area contributed by atoms with E-state index in [1.54, 1.807) is 36.4 Å². The minimum Gasteiger partial charge on any atom is -0.495 e. The van der Waals surface area contributed by atoms with Crippen molar-refractivity contribution in [1.29, 1.82) is 0 Å². The molecule has 0 saturated heterocycles. The summed E-state index contributed by atoms with van der Waals surface area (Å²) in [5.74, 6) is 0.973. The fourth-order valence-electron chi connectivity index (χ4n) is 4.37. The maximum absolute atomic E-state index is 14.6. The molecule has 0 radical (unpaired) electrons. The first-order valence-electron chi connectivity index (χ1n) is 11.1. The topological polar surface area (TPSA) is 105 Å². The van der Waals surface area contributed by atoms with Gasteiger partial charge in [-0.15, -0.1) is 0 Å². The van der Waals surface area contributed by atoms with Gasteiger partial charge in [-0.3, -0.25) is 0 Å². The summed E-state index contributed by atoms with van der Waals surface area (Å²) in [5.41, 5.74) is 15.5. The molecule has 35 heavy (non-hydrogen) atoms. The normalized spacial score (nSPS) is 13.1. The van der Waals surface area contributed by atoms with E-state index in [9.17, 15) is 8.42 Å². The van der Waals surface area contributed by atoms with E-state index in [0.717, 1.165) is 0 Å². The van der Waals surface area contributed by atoms with Gasteiger partial charge in [-0.1, -0.05) is 72.8 Å². The summed E-state index contributed by atoms with van der Waals surface area (Å²) in [6, 6.07) is 28.5. The molecular weight excluding hydrogens is 460 g/mol. The second-order valence-corrected chi connectivity index (χ2v) is 10.3. The van der Waals surface area contributed by atoms with Crippen LogP contribution in [0.3, 0.4) is 0 Å². The van der Waals surface area contributed by atoms with Gasteiger partial charge < -0.3 is 20.9 Å². The van der Waals surface area contributed by atoms with E-state index in [-0.39, 0.29) is 0 Å². The Morgan fingerprint density at radius 1 is 0.571 bits per heavy atom. The van der Waals surface area contributed by atoms with E-state index in [2.05, 4.69) is 0 Å². The highest BCUT2D eigenvalue weighted by molar-refractivity contribution is 7.92. The SMILES string of the molecule is COc1ccc(C(c2ccccc2)S(=O)(=O)C(c2ccccc2)c2ccc(OC)c(N)c2)cc1N. The maximum atomic E-state index is 14.6. The van der Waals surface area contributed by atoms with Gasteiger partial charge in [0.1, 0.15) is 22.0 Å². The van der Waals surface area contributed by atoms with Crippen molar-refractivity contribution in [1.82, 2.24) is 0 Å². The van der Waals surface area contributed by atoms with Crippen LogP contribution in [0.2, 0.25) is 0 Å². The largest absolute Gasteiger partial charge is 0.495 e. The number of hydrogen-bond donors (Lipinski definition) is 2. The quantitative estimate of drug-likeness (QED) is 0.332. The van der Waals surface area contributed by atoms with E-state index in [0.29, 0.717) is 45.1 Å². The van der Waals surface area contributed by atoms with Crippen molar-refractivity contribution in [3.05, 3.63) is 119 Å². The molecular formula is C28H28N2O4S. The van der Waals surface area contributed by atoms with Gasteiger partial charge in [-0.25, -0.2) is 8.42 Å². The molecule has 0 heterocycles. The second kappa shape index (κ2) is 10.1. The van der Waals surface area contributed by atoms with Crippen molar-refractivity contribution in [3.8, 4) is 11.5 Å². The summed E-state index contributed by atoms with van der Waals surface area (Å²) in [5, 5.41) is -1.96. The van der Waals surface area contributed by atoms with Gasteiger partial charge in [-0.05, 0) is 46.5 Å². The highest BCUT2D eigenvalue weighted by atomic mass is 32.2. The van der Waals surface area contributed by atoms with Crippen molar-refractivity contribution in [2.75, 3.05) is 25.7 Å². The van der Waals surface area contributed by atoms with E-state index < -0.39 is 20.3 Å². The molecule has 0 bridgehead atoms. The Morgan fingerprint density at radius 3 is 1.26 bits per heavy atom. The molecule has 7 heteroatoms. The second-order valence-electron chi connectivity index (χ2n) is 8.17. The summed E-state index contributed by atoms with van der Waals surface area (Å²) >= 11 is 0. The van der Waals surface area contributed by atoms with Gasteiger partial charge in [0.2, 0.25) is 0 Å². The van der Waals surface area contributed by atoms with Crippen molar-refractivity contribution in [2.24, 2.45) is 0 Å². The predicted octanol–water partition coefficient (Wildman–Crippen LogP) is 5.16. The third kappa shape index (κ3) is 4.81. The fraction of sp³-hybridized carbons (Fsp3) is 0.143. The predicted molar refractivity (Wildman–Crippen MR) is 140 cm³/mol. The Labute approximate surface area is 206 Å². The summed E-state index contributed by atoms with van der Waals surface area (Å²) in [6.45, 7) is 0. The van der Waals surface area contributed by atoms with Crippen LogP contribution in [0.1, 0.15) is 32.8 Å². The molecule has 0 aliphatic rings. The monoisotopic (exact) mass is 488 g/mol. The van der Waals surface area contributed by atoms with Crippen molar-refractivity contribution >= 4 is 21.2 Å². The van der Waals surface area contributed by atoms with Crippen LogP contribution in [0.5, 0.6) is 11.5 Å². The molecule has 0 aliphatic heterocycles. The van der Waals surface area contributed by atoms with Crippen LogP contribution in [0, 0.1) is 0 Å². The van der Waals surface area contributed by atoms with Crippen LogP contribution in [-0.4, -0.2) is 22.6 Å². The van der Waals surface area contributed by atoms with Gasteiger partial charge in [0, 0.05) is 0 Å². The van der Waals surface area contributed by atoms with Gasteiger partial charge in [-0.2, -0.15) is 0 Å². The summed E-state index contributed by atoms with van der Waals surface area (Å²) in [6.07, 6.45) is 0. The third-order valence-corrected chi connectivity index (χ3v) is 8.38. The molecule has 0 aliphatic carbocycles. The van der Waals surface area contributed by atoms with E-state index in [4.69, 9.17) is 20.9 Å². The Morgan fingerprint density at radius 2 is 0.943 bits per heavy atom. The van der Waals surface area contributed by atoms with Crippen LogP contribution in [0.25, 0.3) is 0 Å². The molecule has 6 nitrogen and oxygen atoms in total. The van der Waals surface area contributed by atoms with Gasteiger partial charge in [0.15, 0.2) is 9.84 Å². The Bertz CT molecular complexity index is 1300. The summed E-state index contributed by atoms with van der Waals surface area (Å²) in [7, 11) is -0.893. The lowest BCUT2D eigenvalue weighted by Crippen LogP contribution is -2.23. The van der Waals surface area contributed by atoms with Gasteiger partial charge in [0.25, 0.3) is 0 Å². The number of nitrogen functional groups attached to an aromatic ring is 2. The Balaban J connectivity index is 1.96. The maximum Gasteiger partial charge on any atom is 0.172 e. The lowest BCUT2D eigenvalue weighted by atomic mass is 10.0. The lowest BCUT2D eigenvalue weighted by molar-refractivity contribution is 0.417. The summed E-state index contributed by atoms with van der Waals surface area (Å²) in [4.78, 5) is 0. The number of sulfone groups is 1. The van der Waals surface area contributed by atoms with Crippen LogP contribution < -0.4 is 20.9 Å². The Kier molecular flexibility index (Phi) is 6.98. The molecule has 4 N–H and O–H groups in total. The number of rotatable bonds is 8. The average Bonchev–Trinajstić information content (AvgIpc) is 2.85. The van der Waals surface area contributed by atoms with E-state index in [1.165, 1.54) is 14.2 Å². The average molecular weight is 489 g/mol. The minimum atomic E-state index is -3.94. The molecule has 4 rings (SSSR count). The van der Waals surface area contributed by atoms with Crippen LogP contribution in [0.4, 0.5) is 11.4 Å². The molecule has 2 unspecified atom stereocenters. The Hall–Kier alpha value is -3.97. The fourth-order valence-corrected chi connectivity index (χ4v) is 6.76. The van der Waals surface area contributed by atoms with E-state index in [1.807, 2.05) is 60.7 Å². The number of nitrogens with two attached hydrogens (primary N) is 2. The summed E-state index contributed by atoms with van der Waals surface area (Å²) < 4.78 is 39.8. The van der Waals surface area contributed by atoms with Crippen molar-refractivity contribution < 1.29 is 17.9 Å². The smallest absolute Gasteiger partial charge is 0.172 e. The van der Waals surface area contributed by atoms with Crippen molar-refractivity contribution in [2.45, 2.75) is 10.5 Å². The minimum absolute atomic E-state index is 0.367. The molecule has 0 saturated carbocycles. The zero-order valence-electron chi connectivity index (χ0n) is 19.6. The highest BCUT2D eigenvalue weighted by Gasteiger charge is 2.38. The van der Waals surface area contributed by atoms with Gasteiger partial charge in [0.05, 0.1) is 25.6 Å². The zero-order valence-corrected chi connectivity index (χ0v) is 20.4. The lowest BCUT2D eigenvalue weighted by Gasteiger charge is -2.27. The van der Waals surface area contributed by atoms with Crippen LogP contribution in [-0.2, 0) is 9.84 Å². The number of ether oxygens (including phenoxy) is 2. The molecule has 0 fully saturated rings. The number of anilines is 2. The molecule has 2 atom stereocenters. The number of hydrogen-bond acceptors (Lipinski definition) is 6. The first-order chi connectivity index (χ1) is 16.9. The molecule has 0 amide bonds.